The normalized spacial score (nSPS) is 11.2. The number of pyridine rings is 1. The van der Waals surface area contributed by atoms with Gasteiger partial charge in [0, 0.05) is 37.4 Å². The predicted molar refractivity (Wildman–Crippen MR) is 81.4 cm³/mol. The number of nitrogens with zero attached hydrogens (tertiary/aromatic N) is 3. The Labute approximate surface area is 124 Å². The van der Waals surface area contributed by atoms with E-state index in [1.54, 1.807) is 12.4 Å². The van der Waals surface area contributed by atoms with Crippen LogP contribution in [0.2, 0.25) is 0 Å². The molecule has 1 amide bonds. The van der Waals surface area contributed by atoms with Crippen LogP contribution in [0.25, 0.3) is 11.0 Å². The number of amides is 1. The van der Waals surface area contributed by atoms with Gasteiger partial charge in [-0.05, 0) is 33.3 Å². The highest BCUT2D eigenvalue weighted by Crippen LogP contribution is 2.16. The van der Waals surface area contributed by atoms with Gasteiger partial charge in [-0.15, -0.1) is 0 Å². The van der Waals surface area contributed by atoms with Crippen molar-refractivity contribution in [2.75, 3.05) is 19.8 Å². The molecule has 0 aromatic carbocycles. The van der Waals surface area contributed by atoms with Crippen molar-refractivity contribution in [3.63, 3.8) is 0 Å². The van der Waals surface area contributed by atoms with Crippen LogP contribution in [0.5, 0.6) is 0 Å². The summed E-state index contributed by atoms with van der Waals surface area (Å²) in [6, 6.07) is 2.07. The lowest BCUT2D eigenvalue weighted by Crippen LogP contribution is -2.25. The molecule has 0 atom stereocenters. The number of hydrogen-bond donors (Lipinski definition) is 1. The molecule has 2 rings (SSSR count). The number of carbonyl (C=O) groups is 1. The van der Waals surface area contributed by atoms with Gasteiger partial charge >= 0.3 is 0 Å². The van der Waals surface area contributed by atoms with Crippen LogP contribution >= 0.6 is 0 Å². The fourth-order valence-corrected chi connectivity index (χ4v) is 2.06. The number of nitrogens with one attached hydrogen (secondary N) is 1. The van der Waals surface area contributed by atoms with Crippen LogP contribution < -0.4 is 5.32 Å². The summed E-state index contributed by atoms with van der Waals surface area (Å²) < 4.78 is 7.08. The number of carbonyl (C=O) groups excluding carboxylic acids is 1. The lowest BCUT2D eigenvalue weighted by molar-refractivity contribution is 0.0944. The van der Waals surface area contributed by atoms with E-state index in [4.69, 9.17) is 4.74 Å². The Morgan fingerprint density at radius 2 is 2.24 bits per heavy atom. The van der Waals surface area contributed by atoms with Crippen molar-refractivity contribution < 1.29 is 9.53 Å². The largest absolute Gasteiger partial charge is 0.382 e. The molecule has 1 N–H and O–H groups in total. The number of aromatic nitrogens is 3. The minimum atomic E-state index is -0.113. The fourth-order valence-electron chi connectivity index (χ4n) is 2.06. The van der Waals surface area contributed by atoms with Gasteiger partial charge in [0.05, 0.1) is 11.8 Å². The summed E-state index contributed by atoms with van der Waals surface area (Å²) in [5.41, 5.74) is 1.36. The summed E-state index contributed by atoms with van der Waals surface area (Å²) in [6.07, 6.45) is 4.15. The lowest BCUT2D eigenvalue weighted by atomic mass is 10.2. The molecule has 2 aromatic rings. The molecule has 0 aliphatic carbocycles. The van der Waals surface area contributed by atoms with Crippen LogP contribution in [0.4, 0.5) is 0 Å². The van der Waals surface area contributed by atoms with E-state index >= 15 is 0 Å². The molecular weight excluding hydrogens is 268 g/mol. The summed E-state index contributed by atoms with van der Waals surface area (Å²) in [4.78, 5) is 16.4. The smallest absolute Gasteiger partial charge is 0.252 e. The topological polar surface area (TPSA) is 69.0 Å². The Kier molecular flexibility index (Phi) is 5.27. The molecule has 114 valence electrons. The maximum atomic E-state index is 12.0. The quantitative estimate of drug-likeness (QED) is 0.793. The van der Waals surface area contributed by atoms with Crippen LogP contribution in [0.1, 0.15) is 43.6 Å². The molecule has 6 nitrogen and oxygen atoms in total. The third kappa shape index (κ3) is 3.78. The van der Waals surface area contributed by atoms with Crippen molar-refractivity contribution in [1.82, 2.24) is 20.1 Å². The summed E-state index contributed by atoms with van der Waals surface area (Å²) >= 11 is 0. The Balaban J connectivity index is 2.00. The average molecular weight is 290 g/mol. The third-order valence-electron chi connectivity index (χ3n) is 3.14. The van der Waals surface area contributed by atoms with Crippen molar-refractivity contribution in [2.45, 2.75) is 33.2 Å². The van der Waals surface area contributed by atoms with Crippen LogP contribution in [0.3, 0.4) is 0 Å². The molecule has 2 aromatic heterocycles. The van der Waals surface area contributed by atoms with Crippen LogP contribution in [0.15, 0.2) is 18.5 Å². The summed E-state index contributed by atoms with van der Waals surface area (Å²) in [5, 5.41) is 8.04. The van der Waals surface area contributed by atoms with Crippen LogP contribution in [-0.2, 0) is 4.74 Å². The van der Waals surface area contributed by atoms with Gasteiger partial charge in [0.1, 0.15) is 0 Å². The molecule has 6 heteroatoms. The zero-order chi connectivity index (χ0) is 15.2. The first-order chi connectivity index (χ1) is 10.1. The maximum absolute atomic E-state index is 12.0. The van der Waals surface area contributed by atoms with E-state index < -0.39 is 0 Å². The minimum Gasteiger partial charge on any atom is -0.382 e. The van der Waals surface area contributed by atoms with E-state index in [2.05, 4.69) is 15.4 Å². The van der Waals surface area contributed by atoms with E-state index in [0.29, 0.717) is 25.3 Å². The van der Waals surface area contributed by atoms with Crippen molar-refractivity contribution in [3.8, 4) is 0 Å². The molecule has 0 saturated carbocycles. The number of ether oxygens (including phenoxy) is 1. The Bertz CT molecular complexity index is 607. The minimum absolute atomic E-state index is 0.113. The number of hydrogen-bond acceptors (Lipinski definition) is 4. The van der Waals surface area contributed by atoms with Crippen LogP contribution in [-0.4, -0.2) is 40.4 Å². The molecule has 0 radical (unpaired) electrons. The number of rotatable bonds is 7. The fraction of sp³-hybridized carbons (Fsp3) is 0.533. The second kappa shape index (κ2) is 7.17. The second-order valence-corrected chi connectivity index (χ2v) is 5.13. The lowest BCUT2D eigenvalue weighted by Gasteiger charge is -2.07. The highest BCUT2D eigenvalue weighted by atomic mass is 16.5. The van der Waals surface area contributed by atoms with Crippen molar-refractivity contribution in [3.05, 3.63) is 24.0 Å². The predicted octanol–water partition coefficient (Wildman–Crippen LogP) is 2.17. The molecule has 0 fully saturated rings. The first kappa shape index (κ1) is 15.4. The first-order valence-electron chi connectivity index (χ1n) is 7.32. The molecule has 2 heterocycles. The highest BCUT2D eigenvalue weighted by molar-refractivity contribution is 5.96. The maximum Gasteiger partial charge on any atom is 0.252 e. The number of fused-ring (bicyclic) bond motifs is 1. The summed E-state index contributed by atoms with van der Waals surface area (Å²) in [6.45, 7) is 8.02. The Morgan fingerprint density at radius 3 is 2.95 bits per heavy atom. The van der Waals surface area contributed by atoms with E-state index in [0.717, 1.165) is 17.5 Å². The van der Waals surface area contributed by atoms with Gasteiger partial charge in [-0.25, -0.2) is 9.67 Å². The Morgan fingerprint density at radius 1 is 1.43 bits per heavy atom. The molecule has 0 spiro atoms. The van der Waals surface area contributed by atoms with Gasteiger partial charge in [-0.2, -0.15) is 5.10 Å². The van der Waals surface area contributed by atoms with Crippen molar-refractivity contribution >= 4 is 16.9 Å². The SMILES string of the molecule is CCOCCCNC(=O)c1cnc2c(cnn2C(C)C)c1. The van der Waals surface area contributed by atoms with Gasteiger partial charge < -0.3 is 10.1 Å². The monoisotopic (exact) mass is 290 g/mol. The van der Waals surface area contributed by atoms with Crippen LogP contribution in [0, 0.1) is 0 Å². The second-order valence-electron chi connectivity index (χ2n) is 5.13. The van der Waals surface area contributed by atoms with Gasteiger partial charge in [0.2, 0.25) is 0 Å². The van der Waals surface area contributed by atoms with E-state index in [1.807, 2.05) is 31.5 Å². The van der Waals surface area contributed by atoms with E-state index in [1.165, 1.54) is 0 Å². The van der Waals surface area contributed by atoms with Gasteiger partial charge in [-0.1, -0.05) is 0 Å². The first-order valence-corrected chi connectivity index (χ1v) is 7.32. The molecule has 0 bridgehead atoms. The molecule has 0 aliphatic heterocycles. The standard InChI is InChI=1S/C15H22N4O2/c1-4-21-7-5-6-16-15(20)13-8-12-10-18-19(11(2)3)14(12)17-9-13/h8-11H,4-7H2,1-3H3,(H,16,20). The average Bonchev–Trinajstić information content (AvgIpc) is 2.90. The molecular formula is C15H22N4O2. The van der Waals surface area contributed by atoms with Gasteiger partial charge in [0.15, 0.2) is 5.65 Å². The van der Waals surface area contributed by atoms with Gasteiger partial charge in [-0.3, -0.25) is 4.79 Å². The summed E-state index contributed by atoms with van der Waals surface area (Å²) in [7, 11) is 0. The van der Waals surface area contributed by atoms with E-state index in [9.17, 15) is 4.79 Å². The highest BCUT2D eigenvalue weighted by Gasteiger charge is 2.11. The zero-order valence-electron chi connectivity index (χ0n) is 12.8. The van der Waals surface area contributed by atoms with Crippen molar-refractivity contribution in [1.29, 1.82) is 0 Å². The third-order valence-corrected chi connectivity index (χ3v) is 3.14. The molecule has 0 aliphatic rings. The van der Waals surface area contributed by atoms with Crippen molar-refractivity contribution in [2.24, 2.45) is 0 Å². The van der Waals surface area contributed by atoms with E-state index in [-0.39, 0.29) is 11.9 Å². The molecule has 0 saturated heterocycles. The summed E-state index contributed by atoms with van der Waals surface area (Å²) in [5.74, 6) is -0.113. The van der Waals surface area contributed by atoms with Gasteiger partial charge in [0.25, 0.3) is 5.91 Å². The Hall–Kier alpha value is -1.95. The molecule has 0 unspecified atom stereocenters. The zero-order valence-corrected chi connectivity index (χ0v) is 12.8. The molecule has 21 heavy (non-hydrogen) atoms.